The van der Waals surface area contributed by atoms with Gasteiger partial charge in [0.25, 0.3) is 0 Å². The molecule has 0 heterocycles. The predicted molar refractivity (Wildman–Crippen MR) is 297 cm³/mol. The number of rotatable bonds is 7. The van der Waals surface area contributed by atoms with Gasteiger partial charge >= 0.3 is 0 Å². The summed E-state index contributed by atoms with van der Waals surface area (Å²) >= 11 is 0. The smallest absolute Gasteiger partial charge is 0.0714 e. The number of hydrogen-bond donors (Lipinski definition) is 0. The Bertz CT molecular complexity index is 3730. The molecule has 2 aliphatic carbocycles. The molecular weight excluding hydrogens is 843 g/mol. The van der Waals surface area contributed by atoms with Gasteiger partial charge in [0.1, 0.15) is 0 Å². The van der Waals surface area contributed by atoms with Crippen molar-refractivity contribution in [2.75, 3.05) is 4.90 Å². The second kappa shape index (κ2) is 16.0. The normalized spacial score (nSPS) is 15.1. The van der Waals surface area contributed by atoms with Crippen LogP contribution in [0, 0.1) is 0 Å². The summed E-state index contributed by atoms with van der Waals surface area (Å²) in [5.74, 6) is 0. The maximum Gasteiger partial charge on any atom is 0.0714 e. The molecule has 13 rings (SSSR count). The van der Waals surface area contributed by atoms with Crippen molar-refractivity contribution in [3.63, 3.8) is 0 Å². The van der Waals surface area contributed by atoms with Gasteiger partial charge in [-0.25, -0.2) is 0 Å². The molecule has 0 spiro atoms. The van der Waals surface area contributed by atoms with E-state index in [0.29, 0.717) is 0 Å². The van der Waals surface area contributed by atoms with E-state index in [2.05, 4.69) is 269 Å². The van der Waals surface area contributed by atoms with Crippen LogP contribution in [-0.4, -0.2) is 0 Å². The highest BCUT2D eigenvalue weighted by Crippen LogP contribution is 2.59. The highest BCUT2D eigenvalue weighted by atomic mass is 15.1. The monoisotopic (exact) mass is 897 g/mol. The number of benzene rings is 11. The molecule has 0 unspecified atom stereocenters. The molecule has 0 aromatic heterocycles. The van der Waals surface area contributed by atoms with Crippen molar-refractivity contribution in [3.05, 3.63) is 270 Å². The average Bonchev–Trinajstić information content (AvgIpc) is 3.70. The van der Waals surface area contributed by atoms with Gasteiger partial charge in [-0.3, -0.25) is 0 Å². The van der Waals surface area contributed by atoms with Gasteiger partial charge in [0.2, 0.25) is 0 Å². The standard InChI is InChI=1S/C69H55N/c1-67(2)40-41-68(3,4)65-42-48(34-39-63(65)67)59-44-61-58-30-18-19-31-62(58)69(49-22-10-6-11-23-49,50-24-12-7-13-25-50)64(61)45-66(59)70(51-35-32-47(33-36-51)46-20-8-5-9-21-46)52-37-38-57-55-28-15-14-26-53(55)54-27-16-17-29-56(54)60(57)43-52/h5-39,42-45H,40-41H2,1-4H3. The summed E-state index contributed by atoms with van der Waals surface area (Å²) < 4.78 is 0. The highest BCUT2D eigenvalue weighted by molar-refractivity contribution is 6.26. The van der Waals surface area contributed by atoms with Crippen molar-refractivity contribution >= 4 is 49.4 Å². The Hall–Kier alpha value is -8.00. The number of nitrogens with zero attached hydrogens (tertiary/aromatic N) is 1. The van der Waals surface area contributed by atoms with Gasteiger partial charge in [0.05, 0.1) is 11.1 Å². The fraction of sp³-hybridized carbons (Fsp3) is 0.130. The van der Waals surface area contributed by atoms with Gasteiger partial charge in [0.15, 0.2) is 0 Å². The molecule has 2 aliphatic rings. The van der Waals surface area contributed by atoms with Gasteiger partial charge in [-0.15, -0.1) is 0 Å². The second-order valence-corrected chi connectivity index (χ2v) is 21.0. The fourth-order valence-electron chi connectivity index (χ4n) is 12.5. The Labute approximate surface area is 412 Å². The van der Waals surface area contributed by atoms with Crippen LogP contribution in [0.2, 0.25) is 0 Å². The van der Waals surface area contributed by atoms with E-state index >= 15 is 0 Å². The number of anilines is 3. The average molecular weight is 898 g/mol. The van der Waals surface area contributed by atoms with Crippen molar-refractivity contribution in [3.8, 4) is 33.4 Å². The van der Waals surface area contributed by atoms with Crippen LogP contribution in [0.1, 0.15) is 73.9 Å². The minimum absolute atomic E-state index is 0.0370. The maximum atomic E-state index is 2.58. The van der Waals surface area contributed by atoms with E-state index in [1.807, 2.05) is 0 Å². The third kappa shape index (κ3) is 6.45. The van der Waals surface area contributed by atoms with Crippen molar-refractivity contribution in [1.29, 1.82) is 0 Å². The molecule has 1 heteroatoms. The predicted octanol–water partition coefficient (Wildman–Crippen LogP) is 18.7. The van der Waals surface area contributed by atoms with Crippen molar-refractivity contribution < 1.29 is 0 Å². The fourth-order valence-corrected chi connectivity index (χ4v) is 12.5. The van der Waals surface area contributed by atoms with Crippen LogP contribution in [0.25, 0.3) is 65.7 Å². The lowest BCUT2D eigenvalue weighted by Gasteiger charge is -2.42. The lowest BCUT2D eigenvalue weighted by Crippen LogP contribution is -2.33. The van der Waals surface area contributed by atoms with E-state index in [-0.39, 0.29) is 10.8 Å². The zero-order valence-electron chi connectivity index (χ0n) is 40.4. The Morgan fingerprint density at radius 1 is 0.300 bits per heavy atom. The third-order valence-corrected chi connectivity index (χ3v) is 16.2. The summed E-state index contributed by atoms with van der Waals surface area (Å²) in [6.07, 6.45) is 2.32. The quantitative estimate of drug-likeness (QED) is 0.144. The van der Waals surface area contributed by atoms with Gasteiger partial charge in [-0.05, 0) is 154 Å². The van der Waals surface area contributed by atoms with Crippen LogP contribution in [0.4, 0.5) is 17.1 Å². The van der Waals surface area contributed by atoms with Crippen molar-refractivity contribution in [2.45, 2.75) is 56.8 Å². The molecule has 70 heavy (non-hydrogen) atoms. The van der Waals surface area contributed by atoms with E-state index in [0.717, 1.165) is 23.5 Å². The number of hydrogen-bond acceptors (Lipinski definition) is 1. The van der Waals surface area contributed by atoms with Gasteiger partial charge < -0.3 is 4.90 Å². The molecular formula is C69H55N. The van der Waals surface area contributed by atoms with Gasteiger partial charge in [-0.1, -0.05) is 228 Å². The zero-order valence-corrected chi connectivity index (χ0v) is 40.4. The minimum Gasteiger partial charge on any atom is -0.310 e. The maximum absolute atomic E-state index is 2.58. The summed E-state index contributed by atoms with van der Waals surface area (Å²) in [7, 11) is 0. The van der Waals surface area contributed by atoms with E-state index in [9.17, 15) is 0 Å². The SMILES string of the molecule is CC1(C)CCC(C)(C)c2cc(-c3cc4c(cc3N(c3ccc(-c5ccccc5)cc3)c3ccc5c6ccccc6c6ccccc6c5c3)C(c3ccccc3)(c3ccccc3)c3ccccc3-4)ccc21. The topological polar surface area (TPSA) is 3.24 Å². The van der Waals surface area contributed by atoms with E-state index in [4.69, 9.17) is 0 Å². The first-order valence-corrected chi connectivity index (χ1v) is 25.0. The van der Waals surface area contributed by atoms with Crippen LogP contribution in [-0.2, 0) is 16.2 Å². The summed E-state index contributed by atoms with van der Waals surface area (Å²) in [5, 5.41) is 7.58. The molecule has 0 aliphatic heterocycles. The first-order valence-electron chi connectivity index (χ1n) is 25.0. The molecule has 0 atom stereocenters. The van der Waals surface area contributed by atoms with Crippen molar-refractivity contribution in [2.24, 2.45) is 0 Å². The Morgan fingerprint density at radius 3 is 1.41 bits per heavy atom. The second-order valence-electron chi connectivity index (χ2n) is 21.0. The van der Waals surface area contributed by atoms with Crippen molar-refractivity contribution in [1.82, 2.24) is 0 Å². The molecule has 0 N–H and O–H groups in total. The molecule has 11 aromatic carbocycles. The minimum atomic E-state index is -0.578. The molecule has 0 saturated carbocycles. The first kappa shape index (κ1) is 42.1. The number of fused-ring (bicyclic) bond motifs is 10. The molecule has 11 aromatic rings. The third-order valence-electron chi connectivity index (χ3n) is 16.2. The summed E-state index contributed by atoms with van der Waals surface area (Å²) in [6, 6.07) is 89.2. The highest BCUT2D eigenvalue weighted by Gasteiger charge is 2.47. The molecule has 0 radical (unpaired) electrons. The molecule has 0 fully saturated rings. The summed E-state index contributed by atoms with van der Waals surface area (Å²) in [5.41, 5.74) is 18.3. The molecule has 0 amide bonds. The van der Waals surface area contributed by atoms with E-state index in [1.165, 1.54) is 105 Å². The lowest BCUT2D eigenvalue weighted by atomic mass is 9.63. The summed E-state index contributed by atoms with van der Waals surface area (Å²) in [6.45, 7) is 9.75. The van der Waals surface area contributed by atoms with Crippen LogP contribution in [0.15, 0.2) is 237 Å². The molecule has 0 bridgehead atoms. The Kier molecular flexibility index (Phi) is 9.65. The Morgan fingerprint density at radius 2 is 0.786 bits per heavy atom. The van der Waals surface area contributed by atoms with E-state index in [1.54, 1.807) is 0 Å². The first-order chi connectivity index (χ1) is 34.2. The molecule has 0 saturated heterocycles. The molecule has 1 nitrogen and oxygen atoms in total. The lowest BCUT2D eigenvalue weighted by molar-refractivity contribution is 0.332. The van der Waals surface area contributed by atoms with E-state index < -0.39 is 5.41 Å². The zero-order chi connectivity index (χ0) is 47.2. The van der Waals surface area contributed by atoms with Gasteiger partial charge in [0, 0.05) is 16.9 Å². The largest absolute Gasteiger partial charge is 0.310 e. The summed E-state index contributed by atoms with van der Waals surface area (Å²) in [4.78, 5) is 2.56. The van der Waals surface area contributed by atoms with Crippen LogP contribution in [0.5, 0.6) is 0 Å². The van der Waals surface area contributed by atoms with Crippen LogP contribution < -0.4 is 4.90 Å². The van der Waals surface area contributed by atoms with Crippen LogP contribution in [0.3, 0.4) is 0 Å². The van der Waals surface area contributed by atoms with Crippen LogP contribution >= 0.6 is 0 Å². The molecule has 336 valence electrons. The Balaban J connectivity index is 1.16. The van der Waals surface area contributed by atoms with Gasteiger partial charge in [-0.2, -0.15) is 0 Å².